The molecule has 5 nitrogen and oxygen atoms in total. The minimum absolute atomic E-state index is 0.0400. The van der Waals surface area contributed by atoms with E-state index in [2.05, 4.69) is 0 Å². The zero-order valence-corrected chi connectivity index (χ0v) is 12.0. The molecule has 0 aliphatic carbocycles. The first-order valence-electron chi connectivity index (χ1n) is 6.97. The number of aliphatic hydroxyl groups excluding tert-OH is 1. The van der Waals surface area contributed by atoms with Crippen LogP contribution in [0, 0.1) is 0 Å². The third kappa shape index (κ3) is 4.10. The van der Waals surface area contributed by atoms with Crippen LogP contribution in [0.25, 0.3) is 0 Å². The van der Waals surface area contributed by atoms with Crippen molar-refractivity contribution in [2.75, 3.05) is 33.0 Å². The van der Waals surface area contributed by atoms with Crippen molar-refractivity contribution < 1.29 is 24.1 Å². The Hall–Kier alpha value is -1.30. The summed E-state index contributed by atoms with van der Waals surface area (Å²) in [6.45, 7) is 6.39. The minimum atomic E-state index is -0.685. The van der Waals surface area contributed by atoms with Crippen molar-refractivity contribution in [1.82, 2.24) is 0 Å². The molecule has 112 valence electrons. The fraction of sp³-hybridized carbons (Fsp3) is 0.600. The molecule has 0 saturated carbocycles. The molecule has 0 amide bonds. The monoisotopic (exact) mass is 282 g/mol. The minimum Gasteiger partial charge on any atom is -0.486 e. The van der Waals surface area contributed by atoms with Gasteiger partial charge in [0.15, 0.2) is 11.5 Å². The lowest BCUT2D eigenvalue weighted by atomic mass is 10.1. The second-order valence-electron chi connectivity index (χ2n) is 4.72. The summed E-state index contributed by atoms with van der Waals surface area (Å²) in [7, 11) is 0. The van der Waals surface area contributed by atoms with E-state index in [0.29, 0.717) is 32.2 Å². The van der Waals surface area contributed by atoms with Gasteiger partial charge in [0.05, 0.1) is 19.3 Å². The zero-order valence-electron chi connectivity index (χ0n) is 12.0. The summed E-state index contributed by atoms with van der Waals surface area (Å²) in [6.07, 6.45) is -0.725. The molecule has 0 bridgehead atoms. The van der Waals surface area contributed by atoms with E-state index in [1.165, 1.54) is 0 Å². The molecule has 2 atom stereocenters. The molecule has 1 aliphatic rings. The van der Waals surface area contributed by atoms with Gasteiger partial charge in [0.2, 0.25) is 0 Å². The standard InChI is InChI=1S/C15H22O5/c1-3-17-9-11(2)20-10-13(16)12-4-5-14-15(8-12)19-7-6-18-14/h4-5,8,11,13,16H,3,6-7,9-10H2,1-2H3. The van der Waals surface area contributed by atoms with E-state index in [0.717, 1.165) is 11.3 Å². The summed E-state index contributed by atoms with van der Waals surface area (Å²) in [5.41, 5.74) is 0.762. The molecule has 2 rings (SSSR count). The van der Waals surface area contributed by atoms with Crippen molar-refractivity contribution in [3.63, 3.8) is 0 Å². The van der Waals surface area contributed by atoms with Gasteiger partial charge in [0.1, 0.15) is 19.3 Å². The number of rotatable bonds is 7. The van der Waals surface area contributed by atoms with Gasteiger partial charge < -0.3 is 24.1 Å². The van der Waals surface area contributed by atoms with Gasteiger partial charge >= 0.3 is 0 Å². The first-order chi connectivity index (χ1) is 9.70. The largest absolute Gasteiger partial charge is 0.486 e. The summed E-state index contributed by atoms with van der Waals surface area (Å²) in [5, 5.41) is 10.1. The molecule has 5 heteroatoms. The Morgan fingerprint density at radius 2 is 1.95 bits per heavy atom. The van der Waals surface area contributed by atoms with E-state index in [9.17, 15) is 5.11 Å². The number of hydrogen-bond acceptors (Lipinski definition) is 5. The normalized spacial score (nSPS) is 16.8. The average Bonchev–Trinajstić information content (AvgIpc) is 2.50. The molecule has 1 N–H and O–H groups in total. The fourth-order valence-corrected chi connectivity index (χ4v) is 1.95. The van der Waals surface area contributed by atoms with Crippen molar-refractivity contribution in [3.8, 4) is 11.5 Å². The predicted molar refractivity (Wildman–Crippen MR) is 74.3 cm³/mol. The first-order valence-corrected chi connectivity index (χ1v) is 6.97. The van der Waals surface area contributed by atoms with Gasteiger partial charge in [-0.05, 0) is 31.5 Å². The Bertz CT molecular complexity index is 421. The predicted octanol–water partition coefficient (Wildman–Crippen LogP) is 1.93. The zero-order chi connectivity index (χ0) is 14.4. The number of fused-ring (bicyclic) bond motifs is 1. The Morgan fingerprint density at radius 1 is 1.20 bits per heavy atom. The highest BCUT2D eigenvalue weighted by atomic mass is 16.6. The Morgan fingerprint density at radius 3 is 2.70 bits per heavy atom. The van der Waals surface area contributed by atoms with Crippen LogP contribution in [0.4, 0.5) is 0 Å². The van der Waals surface area contributed by atoms with Crippen LogP contribution in [-0.4, -0.2) is 44.2 Å². The summed E-state index contributed by atoms with van der Waals surface area (Å²) in [6, 6.07) is 5.45. The van der Waals surface area contributed by atoms with Gasteiger partial charge in [-0.1, -0.05) is 6.07 Å². The molecule has 1 aliphatic heterocycles. The number of aliphatic hydroxyl groups is 1. The van der Waals surface area contributed by atoms with Crippen LogP contribution in [0.5, 0.6) is 11.5 Å². The third-order valence-corrected chi connectivity index (χ3v) is 3.05. The maximum absolute atomic E-state index is 10.1. The lowest BCUT2D eigenvalue weighted by Crippen LogP contribution is -2.20. The fourth-order valence-electron chi connectivity index (χ4n) is 1.95. The second kappa shape index (κ2) is 7.47. The molecule has 0 saturated heterocycles. The first kappa shape index (κ1) is 15.1. The maximum Gasteiger partial charge on any atom is 0.161 e. The highest BCUT2D eigenvalue weighted by Gasteiger charge is 2.16. The van der Waals surface area contributed by atoms with Crippen LogP contribution in [0.3, 0.4) is 0 Å². The molecule has 1 aromatic rings. The summed E-state index contributed by atoms with van der Waals surface area (Å²) in [4.78, 5) is 0. The lowest BCUT2D eigenvalue weighted by Gasteiger charge is -2.21. The third-order valence-electron chi connectivity index (χ3n) is 3.05. The SMILES string of the molecule is CCOCC(C)OCC(O)c1ccc2c(c1)OCCO2. The topological polar surface area (TPSA) is 57.2 Å². The number of benzene rings is 1. The molecule has 0 aromatic heterocycles. The van der Waals surface area contributed by atoms with Crippen LogP contribution in [-0.2, 0) is 9.47 Å². The van der Waals surface area contributed by atoms with Crippen LogP contribution < -0.4 is 9.47 Å². The van der Waals surface area contributed by atoms with Crippen molar-refractivity contribution in [2.45, 2.75) is 26.1 Å². The van der Waals surface area contributed by atoms with Crippen molar-refractivity contribution in [1.29, 1.82) is 0 Å². The van der Waals surface area contributed by atoms with E-state index in [1.807, 2.05) is 26.0 Å². The Labute approximate surface area is 119 Å². The molecule has 1 heterocycles. The molecule has 20 heavy (non-hydrogen) atoms. The van der Waals surface area contributed by atoms with Crippen molar-refractivity contribution >= 4 is 0 Å². The highest BCUT2D eigenvalue weighted by molar-refractivity contribution is 5.44. The van der Waals surface area contributed by atoms with Gasteiger partial charge in [0.25, 0.3) is 0 Å². The van der Waals surface area contributed by atoms with Gasteiger partial charge in [-0.2, -0.15) is 0 Å². The van der Waals surface area contributed by atoms with Crippen molar-refractivity contribution in [3.05, 3.63) is 23.8 Å². The van der Waals surface area contributed by atoms with Crippen LogP contribution >= 0.6 is 0 Å². The van der Waals surface area contributed by atoms with E-state index >= 15 is 0 Å². The van der Waals surface area contributed by atoms with E-state index in [1.54, 1.807) is 6.07 Å². The summed E-state index contributed by atoms with van der Waals surface area (Å²) >= 11 is 0. The Balaban J connectivity index is 1.87. The van der Waals surface area contributed by atoms with Gasteiger partial charge in [-0.25, -0.2) is 0 Å². The molecule has 2 unspecified atom stereocenters. The lowest BCUT2D eigenvalue weighted by molar-refractivity contribution is -0.0395. The van der Waals surface area contributed by atoms with E-state index in [4.69, 9.17) is 18.9 Å². The molecule has 0 fully saturated rings. The molecular formula is C15H22O5. The number of ether oxygens (including phenoxy) is 4. The van der Waals surface area contributed by atoms with Gasteiger partial charge in [-0.3, -0.25) is 0 Å². The van der Waals surface area contributed by atoms with E-state index in [-0.39, 0.29) is 12.7 Å². The number of hydrogen-bond donors (Lipinski definition) is 1. The van der Waals surface area contributed by atoms with Crippen LogP contribution in [0.15, 0.2) is 18.2 Å². The molecule has 0 spiro atoms. The summed E-state index contributed by atoms with van der Waals surface area (Å²) < 4.78 is 21.8. The van der Waals surface area contributed by atoms with Crippen molar-refractivity contribution in [2.24, 2.45) is 0 Å². The van der Waals surface area contributed by atoms with Gasteiger partial charge in [-0.15, -0.1) is 0 Å². The second-order valence-corrected chi connectivity index (χ2v) is 4.72. The Kier molecular flexibility index (Phi) is 5.64. The average molecular weight is 282 g/mol. The smallest absolute Gasteiger partial charge is 0.161 e. The maximum atomic E-state index is 10.1. The molecule has 0 radical (unpaired) electrons. The van der Waals surface area contributed by atoms with Crippen LogP contribution in [0.2, 0.25) is 0 Å². The molecule has 1 aromatic carbocycles. The van der Waals surface area contributed by atoms with Crippen LogP contribution in [0.1, 0.15) is 25.5 Å². The summed E-state index contributed by atoms with van der Waals surface area (Å²) in [5.74, 6) is 1.40. The highest BCUT2D eigenvalue weighted by Crippen LogP contribution is 2.32. The van der Waals surface area contributed by atoms with E-state index < -0.39 is 6.10 Å². The van der Waals surface area contributed by atoms with Gasteiger partial charge in [0, 0.05) is 6.61 Å². The molecular weight excluding hydrogens is 260 g/mol. The quantitative estimate of drug-likeness (QED) is 0.828.